The Bertz CT molecular complexity index is 2600. The minimum Gasteiger partial charge on any atom is -0.493 e. The second kappa shape index (κ2) is 22.1. The minimum absolute atomic E-state index is 0.0172. The molecule has 1 unspecified atom stereocenters. The lowest BCUT2D eigenvalue weighted by atomic mass is 10.0. The van der Waals surface area contributed by atoms with E-state index in [0.29, 0.717) is 73.9 Å². The predicted octanol–water partition coefficient (Wildman–Crippen LogP) is 5.66. The lowest BCUT2D eigenvalue weighted by Crippen LogP contribution is -2.50. The molecular formula is C54H66N6O13. The number of amides is 4. The summed E-state index contributed by atoms with van der Waals surface area (Å²) in [5, 5.41) is 30.8. The van der Waals surface area contributed by atoms with Gasteiger partial charge in [-0.2, -0.15) is 0 Å². The molecule has 2 saturated heterocycles. The number of carbonyl (C=O) groups is 4. The number of nitrogens with zero attached hydrogens (tertiary/aromatic N) is 6. The summed E-state index contributed by atoms with van der Waals surface area (Å²) in [7, 11) is 2.97. The summed E-state index contributed by atoms with van der Waals surface area (Å²) in [6, 6.07) is 13.7. The maximum atomic E-state index is 14.5. The Balaban J connectivity index is 0.844. The van der Waals surface area contributed by atoms with Gasteiger partial charge in [-0.15, -0.1) is 0 Å². The number of hydrogen-bond donors (Lipinski definition) is 3. The van der Waals surface area contributed by atoms with E-state index in [4.69, 9.17) is 28.4 Å². The first-order chi connectivity index (χ1) is 35.4. The van der Waals surface area contributed by atoms with Gasteiger partial charge in [-0.1, -0.05) is 37.4 Å². The van der Waals surface area contributed by atoms with Gasteiger partial charge in [0.1, 0.15) is 13.2 Å². The number of carbonyl (C=O) groups excluding carboxylic acids is 4. The molecule has 0 radical (unpaired) electrons. The van der Waals surface area contributed by atoms with Gasteiger partial charge in [-0.3, -0.25) is 19.4 Å². The van der Waals surface area contributed by atoms with Gasteiger partial charge in [-0.05, 0) is 85.8 Å². The standard InChI is InChI=1S/C54H66N6O13/c1-5-20-72-52(66)58-31-38-24-36(35-10-12-37(13-11-35)56-18-16-55(17-19-56)32-39(62)33-61)30-57(38)49(63)40-25-45(68-3)47(27-42(40)58)70-22-8-7-9-23-71-48-28-43-41(26-46(48)69-4)50(64)59-34-54(14-15-54)29-44(59)51(65)60(43)53(67)73-21-6-2/h5-6,10-13,25-28,30,38-39,44,51,61-62,65H,1-2,7-9,14-24,29,31-34H2,3-4H3/t38-,39+,44-,51?/m0/s1. The summed E-state index contributed by atoms with van der Waals surface area (Å²) in [6.07, 6.45) is 6.18. The molecule has 390 valence electrons. The van der Waals surface area contributed by atoms with Crippen molar-refractivity contribution in [1.29, 1.82) is 0 Å². The first-order valence-electron chi connectivity index (χ1n) is 25.1. The molecule has 3 fully saturated rings. The van der Waals surface area contributed by atoms with Crippen molar-refractivity contribution < 1.29 is 62.9 Å². The summed E-state index contributed by atoms with van der Waals surface area (Å²) >= 11 is 0. The normalized spacial score (nSPS) is 21.2. The van der Waals surface area contributed by atoms with Crippen LogP contribution in [0.2, 0.25) is 0 Å². The second-order valence-corrected chi connectivity index (χ2v) is 19.5. The molecular weight excluding hydrogens is 941 g/mol. The number of hydrogen-bond acceptors (Lipinski definition) is 15. The molecule has 1 saturated carbocycles. The first kappa shape index (κ1) is 51.1. The fourth-order valence-corrected chi connectivity index (χ4v) is 10.7. The van der Waals surface area contributed by atoms with E-state index in [1.54, 1.807) is 34.1 Å². The Hall–Kier alpha value is -6.80. The highest BCUT2D eigenvalue weighted by Gasteiger charge is 2.58. The third-order valence-electron chi connectivity index (χ3n) is 14.7. The third kappa shape index (κ3) is 10.7. The van der Waals surface area contributed by atoms with Crippen LogP contribution in [0.4, 0.5) is 26.7 Å². The number of aliphatic hydroxyl groups excluding tert-OH is 3. The topological polar surface area (TPSA) is 204 Å². The number of piperazine rings is 1. The van der Waals surface area contributed by atoms with Crippen molar-refractivity contribution in [3.63, 3.8) is 0 Å². The van der Waals surface area contributed by atoms with Gasteiger partial charge in [-0.25, -0.2) is 14.5 Å². The zero-order valence-electron chi connectivity index (χ0n) is 41.6. The number of aliphatic hydroxyl groups is 3. The predicted molar refractivity (Wildman–Crippen MR) is 272 cm³/mol. The van der Waals surface area contributed by atoms with Crippen molar-refractivity contribution in [3.05, 3.63) is 96.7 Å². The van der Waals surface area contributed by atoms with Crippen LogP contribution >= 0.6 is 0 Å². The Labute approximate surface area is 425 Å². The van der Waals surface area contributed by atoms with Gasteiger partial charge >= 0.3 is 12.2 Å². The summed E-state index contributed by atoms with van der Waals surface area (Å²) in [6.45, 7) is 11.8. The number of methoxy groups -OCH3 is 2. The average Bonchev–Trinajstić information content (AvgIpc) is 3.92. The summed E-state index contributed by atoms with van der Waals surface area (Å²) in [5.41, 5.74) is 3.94. The SMILES string of the molecule is C=CCOC(=O)N1C[C@@H]2CC(c3ccc(N4CCN(C[C@@H](O)CO)CC4)cc3)=CN2C(=O)c2cc(OC)c(OCCCCCOc3cc4c(cc3OC)C(=O)N3CC5(CC5)C[C@H]3C(O)N4C(=O)OCC=C)cc21. The lowest BCUT2D eigenvalue weighted by Gasteiger charge is -2.36. The number of β-amino-alcohol motifs (C(OH)–C–C–N with tert-alkyl or cyclic N) is 1. The highest BCUT2D eigenvalue weighted by molar-refractivity contribution is 6.07. The van der Waals surface area contributed by atoms with Crippen molar-refractivity contribution >= 4 is 46.6 Å². The maximum Gasteiger partial charge on any atom is 0.416 e. The molecule has 3 aromatic rings. The van der Waals surface area contributed by atoms with Crippen LogP contribution < -0.4 is 33.6 Å². The summed E-state index contributed by atoms with van der Waals surface area (Å²) < 4.78 is 34.9. The highest BCUT2D eigenvalue weighted by atomic mass is 16.6. The Kier molecular flexibility index (Phi) is 15.5. The lowest BCUT2D eigenvalue weighted by molar-refractivity contribution is 0.0496. The van der Waals surface area contributed by atoms with Crippen LogP contribution in [0.3, 0.4) is 0 Å². The second-order valence-electron chi connectivity index (χ2n) is 19.5. The van der Waals surface area contributed by atoms with E-state index >= 15 is 0 Å². The number of rotatable bonds is 19. The van der Waals surface area contributed by atoms with Crippen LogP contribution in [0.5, 0.6) is 23.0 Å². The largest absolute Gasteiger partial charge is 0.493 e. The van der Waals surface area contributed by atoms with Crippen molar-refractivity contribution in [1.82, 2.24) is 14.7 Å². The fraction of sp³-hybridized carbons (Fsp3) is 0.481. The highest BCUT2D eigenvalue weighted by Crippen LogP contribution is 2.57. The van der Waals surface area contributed by atoms with Crippen LogP contribution in [0.1, 0.15) is 71.2 Å². The summed E-state index contributed by atoms with van der Waals surface area (Å²) in [4.78, 5) is 66.2. The van der Waals surface area contributed by atoms with Crippen LogP contribution in [-0.4, -0.2) is 172 Å². The molecule has 9 rings (SSSR count). The molecule has 4 amide bonds. The van der Waals surface area contributed by atoms with E-state index in [1.807, 2.05) is 6.20 Å². The maximum absolute atomic E-state index is 14.5. The molecule has 73 heavy (non-hydrogen) atoms. The van der Waals surface area contributed by atoms with Gasteiger partial charge in [0.05, 0.1) is 81.3 Å². The van der Waals surface area contributed by atoms with E-state index in [2.05, 4.69) is 47.2 Å². The van der Waals surface area contributed by atoms with Crippen LogP contribution in [0, 0.1) is 5.41 Å². The Morgan fingerprint density at radius 2 is 1.42 bits per heavy atom. The molecule has 0 aromatic heterocycles. The number of ether oxygens (including phenoxy) is 6. The molecule has 5 aliphatic heterocycles. The molecule has 3 N–H and O–H groups in total. The number of unbranched alkanes of at least 4 members (excludes halogenated alkanes) is 2. The summed E-state index contributed by atoms with van der Waals surface area (Å²) in [5.74, 6) is 0.693. The molecule has 19 nitrogen and oxygen atoms in total. The van der Waals surface area contributed by atoms with Crippen molar-refractivity contribution in [2.24, 2.45) is 5.41 Å². The molecule has 19 heteroatoms. The Morgan fingerprint density at radius 3 is 2.03 bits per heavy atom. The molecule has 0 bridgehead atoms. The van der Waals surface area contributed by atoms with E-state index in [1.165, 1.54) is 31.3 Å². The molecule has 3 aromatic carbocycles. The monoisotopic (exact) mass is 1010 g/mol. The average molecular weight is 1010 g/mol. The van der Waals surface area contributed by atoms with Gasteiger partial charge in [0.2, 0.25) is 0 Å². The van der Waals surface area contributed by atoms with Crippen molar-refractivity contribution in [2.45, 2.75) is 69.4 Å². The quantitative estimate of drug-likeness (QED) is 0.0980. The van der Waals surface area contributed by atoms with Gasteiger partial charge in [0.15, 0.2) is 29.2 Å². The van der Waals surface area contributed by atoms with E-state index in [-0.39, 0.29) is 79.7 Å². The zero-order chi connectivity index (χ0) is 51.4. The molecule has 4 atom stereocenters. The van der Waals surface area contributed by atoms with E-state index < -0.39 is 30.6 Å². The zero-order valence-corrected chi connectivity index (χ0v) is 41.6. The third-order valence-corrected chi connectivity index (χ3v) is 14.7. The van der Waals surface area contributed by atoms with Gasteiger partial charge in [0.25, 0.3) is 11.8 Å². The number of benzene rings is 3. The van der Waals surface area contributed by atoms with Crippen LogP contribution in [0.15, 0.2) is 80.0 Å². The van der Waals surface area contributed by atoms with Gasteiger partial charge < -0.3 is 58.4 Å². The number of anilines is 3. The first-order valence-corrected chi connectivity index (χ1v) is 25.1. The molecule has 1 spiro atoms. The smallest absolute Gasteiger partial charge is 0.416 e. The molecule has 1 aliphatic carbocycles. The van der Waals surface area contributed by atoms with Crippen molar-refractivity contribution in [2.75, 3.05) is 108 Å². The minimum atomic E-state index is -1.34. The van der Waals surface area contributed by atoms with E-state index in [0.717, 1.165) is 60.7 Å². The van der Waals surface area contributed by atoms with Crippen LogP contribution in [-0.2, 0) is 9.47 Å². The number of fused-ring (bicyclic) bond motifs is 4. The van der Waals surface area contributed by atoms with Crippen LogP contribution in [0.25, 0.3) is 5.57 Å². The van der Waals surface area contributed by atoms with E-state index in [9.17, 15) is 34.5 Å². The Morgan fingerprint density at radius 1 is 0.808 bits per heavy atom. The van der Waals surface area contributed by atoms with Crippen molar-refractivity contribution in [3.8, 4) is 23.0 Å². The fourth-order valence-electron chi connectivity index (χ4n) is 10.7. The van der Waals surface area contributed by atoms with Gasteiger partial charge in [0, 0.05) is 63.3 Å². The molecule has 6 aliphatic rings. The molecule has 5 heterocycles.